The van der Waals surface area contributed by atoms with Crippen molar-refractivity contribution in [2.24, 2.45) is 11.8 Å². The van der Waals surface area contributed by atoms with Crippen LogP contribution in [0.5, 0.6) is 0 Å². The average molecular weight is 471 g/mol. The molecule has 0 aromatic heterocycles. The minimum atomic E-state index is -2.37. The van der Waals surface area contributed by atoms with Crippen LogP contribution in [0.3, 0.4) is 0 Å². The Labute approximate surface area is 196 Å². The smallest absolute Gasteiger partial charge is 0.240 e. The molecule has 0 radical (unpaired) electrons. The van der Waals surface area contributed by atoms with E-state index in [1.807, 2.05) is 30.9 Å². The Kier molecular flexibility index (Phi) is 5.67. The van der Waals surface area contributed by atoms with Crippen LogP contribution >= 0.6 is 0 Å². The molecule has 1 aliphatic carbocycles. The zero-order valence-electron chi connectivity index (χ0n) is 18.7. The van der Waals surface area contributed by atoms with Gasteiger partial charge in [0.05, 0.1) is 18.2 Å². The number of nitriles is 1. The van der Waals surface area contributed by atoms with E-state index in [-0.39, 0.29) is 47.9 Å². The van der Waals surface area contributed by atoms with Crippen LogP contribution in [0.2, 0.25) is 0 Å². The molecule has 2 unspecified atom stereocenters. The van der Waals surface area contributed by atoms with E-state index in [9.17, 15) is 23.6 Å². The molecule has 3 saturated heterocycles. The first-order valence-corrected chi connectivity index (χ1v) is 12.6. The Hall–Kier alpha value is -2.48. The van der Waals surface area contributed by atoms with Crippen molar-refractivity contribution in [3.63, 3.8) is 0 Å². The van der Waals surface area contributed by atoms with Gasteiger partial charge in [-0.1, -0.05) is 19.1 Å². The third-order valence-electron chi connectivity index (χ3n) is 7.76. The number of nitrogens with one attached hydrogen (secondary N) is 1. The Bertz CT molecular complexity index is 1030. The lowest BCUT2D eigenvalue weighted by Gasteiger charge is -2.38. The van der Waals surface area contributed by atoms with E-state index in [2.05, 4.69) is 15.7 Å². The number of amides is 2. The zero-order chi connectivity index (χ0) is 23.4. The molecule has 4 fully saturated rings. The third kappa shape index (κ3) is 3.92. The minimum absolute atomic E-state index is 0.0414. The SMILES string of the molecule is C[C@H](c1ccc(NS(=O)[O-])cc1)N1C(=O)[C@H]2C[C@@H]1CN2C[C@H](C)C(=O)N1C2C[C@H]2C[C@H]1C#N. The van der Waals surface area contributed by atoms with E-state index in [1.165, 1.54) is 0 Å². The van der Waals surface area contributed by atoms with Crippen LogP contribution in [0.1, 0.15) is 44.7 Å². The molecule has 176 valence electrons. The van der Waals surface area contributed by atoms with E-state index in [0.717, 1.165) is 31.4 Å². The zero-order valence-corrected chi connectivity index (χ0v) is 19.5. The number of likely N-dealkylation sites (tertiary alicyclic amines) is 3. The summed E-state index contributed by atoms with van der Waals surface area (Å²) in [6, 6.07) is 9.05. The Morgan fingerprint density at radius 3 is 2.64 bits per heavy atom. The number of nitrogens with zero attached hydrogens (tertiary/aromatic N) is 4. The Balaban J connectivity index is 1.21. The van der Waals surface area contributed by atoms with E-state index < -0.39 is 11.3 Å². The van der Waals surface area contributed by atoms with Gasteiger partial charge in [0.15, 0.2) is 0 Å². The van der Waals surface area contributed by atoms with Gasteiger partial charge in [-0.15, -0.1) is 0 Å². The fourth-order valence-corrected chi connectivity index (χ4v) is 6.39. The molecule has 3 heterocycles. The van der Waals surface area contributed by atoms with Gasteiger partial charge in [-0.2, -0.15) is 5.26 Å². The van der Waals surface area contributed by atoms with E-state index >= 15 is 0 Å². The predicted molar refractivity (Wildman–Crippen MR) is 120 cm³/mol. The maximum Gasteiger partial charge on any atom is 0.240 e. The number of benzene rings is 1. The molecule has 10 heteroatoms. The first kappa shape index (κ1) is 22.3. The van der Waals surface area contributed by atoms with Crippen molar-refractivity contribution in [2.75, 3.05) is 17.8 Å². The molecule has 1 N–H and O–H groups in total. The lowest BCUT2D eigenvalue weighted by atomic mass is 10.0. The summed E-state index contributed by atoms with van der Waals surface area (Å²) < 4.78 is 23.9. The standard InChI is InChI=1S/C23H29N5O4S/c1-13(22(29)28-18(10-24)7-16-8-20(16)28)11-26-12-19-9-21(26)23(30)27(19)14(2)15-3-5-17(6-4-15)25-33(31)32/h3-6,13-14,16,18-21,25H,7-9,11-12H2,1-2H3,(H,31,32)/p-1/t13-,14+,16+,18-,19+,20?,21+/m0/s1. The molecule has 8 atom stereocenters. The van der Waals surface area contributed by atoms with Crippen molar-refractivity contribution in [1.82, 2.24) is 14.7 Å². The van der Waals surface area contributed by atoms with Crippen LogP contribution in [-0.2, 0) is 20.9 Å². The summed E-state index contributed by atoms with van der Waals surface area (Å²) in [7, 11) is 0. The van der Waals surface area contributed by atoms with Gasteiger partial charge in [-0.25, -0.2) is 0 Å². The number of carbonyl (C=O) groups excluding carboxylic acids is 2. The summed E-state index contributed by atoms with van der Waals surface area (Å²) in [5, 5.41) is 9.40. The molecule has 5 rings (SSSR count). The van der Waals surface area contributed by atoms with Crippen molar-refractivity contribution in [2.45, 2.75) is 63.3 Å². The van der Waals surface area contributed by atoms with Crippen LogP contribution in [0, 0.1) is 23.2 Å². The maximum absolute atomic E-state index is 13.2. The summed E-state index contributed by atoms with van der Waals surface area (Å²) in [6.45, 7) is 5.17. The first-order chi connectivity index (χ1) is 15.8. The highest BCUT2D eigenvalue weighted by Gasteiger charge is 2.55. The normalized spacial score (nSPS) is 32.9. The van der Waals surface area contributed by atoms with Gasteiger partial charge in [-0.3, -0.25) is 18.7 Å². The Morgan fingerprint density at radius 1 is 1.27 bits per heavy atom. The van der Waals surface area contributed by atoms with Gasteiger partial charge >= 0.3 is 0 Å². The highest BCUT2D eigenvalue weighted by Crippen LogP contribution is 2.48. The average Bonchev–Trinajstić information content (AvgIpc) is 3.12. The fourth-order valence-electron chi connectivity index (χ4n) is 6.06. The van der Waals surface area contributed by atoms with Crippen molar-refractivity contribution < 1.29 is 18.4 Å². The van der Waals surface area contributed by atoms with Gasteiger partial charge in [0.1, 0.15) is 6.04 Å². The number of fused-ring (bicyclic) bond motifs is 3. The van der Waals surface area contributed by atoms with Gasteiger partial charge in [0, 0.05) is 48.0 Å². The second-order valence-corrected chi connectivity index (χ2v) is 10.5. The molecule has 4 aliphatic rings. The van der Waals surface area contributed by atoms with Crippen molar-refractivity contribution in [3.8, 4) is 6.07 Å². The molecule has 2 amide bonds. The molecule has 33 heavy (non-hydrogen) atoms. The number of hydrogen-bond donors (Lipinski definition) is 1. The molecule has 1 aromatic rings. The third-order valence-corrected chi connectivity index (χ3v) is 8.17. The number of rotatable bonds is 7. The second-order valence-electron chi connectivity index (χ2n) is 9.83. The number of piperazine rings is 1. The van der Waals surface area contributed by atoms with Crippen LogP contribution in [0.4, 0.5) is 5.69 Å². The molecule has 2 bridgehead atoms. The molecule has 1 saturated carbocycles. The molecular weight excluding hydrogens is 442 g/mol. The van der Waals surface area contributed by atoms with E-state index in [1.54, 1.807) is 17.0 Å². The first-order valence-electron chi connectivity index (χ1n) is 11.5. The second kappa shape index (κ2) is 8.38. The lowest BCUT2D eigenvalue weighted by molar-refractivity contribution is -0.142. The number of piperidine rings is 1. The maximum atomic E-state index is 13.2. The van der Waals surface area contributed by atoms with E-state index in [0.29, 0.717) is 18.2 Å². The highest BCUT2D eigenvalue weighted by molar-refractivity contribution is 7.80. The van der Waals surface area contributed by atoms with Gasteiger partial charge < -0.3 is 19.1 Å². The quantitative estimate of drug-likeness (QED) is 0.602. The topological polar surface area (TPSA) is 120 Å². The summed E-state index contributed by atoms with van der Waals surface area (Å²) in [5.74, 6) is 0.377. The molecule has 1 aromatic carbocycles. The van der Waals surface area contributed by atoms with Gasteiger partial charge in [0.2, 0.25) is 11.8 Å². The summed E-state index contributed by atoms with van der Waals surface area (Å²) in [5.41, 5.74) is 1.43. The summed E-state index contributed by atoms with van der Waals surface area (Å²) in [4.78, 5) is 32.2. The molecular formula is C23H28N5O4S-. The van der Waals surface area contributed by atoms with Gasteiger partial charge in [0.25, 0.3) is 0 Å². The summed E-state index contributed by atoms with van der Waals surface area (Å²) >= 11 is -2.37. The van der Waals surface area contributed by atoms with Crippen molar-refractivity contribution in [1.29, 1.82) is 5.26 Å². The molecule has 0 spiro atoms. The summed E-state index contributed by atoms with van der Waals surface area (Å²) in [6.07, 6.45) is 2.57. The van der Waals surface area contributed by atoms with Crippen molar-refractivity contribution in [3.05, 3.63) is 29.8 Å². The monoisotopic (exact) mass is 470 g/mol. The number of anilines is 1. The lowest BCUT2D eigenvalue weighted by Crippen LogP contribution is -2.53. The minimum Gasteiger partial charge on any atom is -0.755 e. The van der Waals surface area contributed by atoms with E-state index in [4.69, 9.17) is 0 Å². The predicted octanol–water partition coefficient (Wildman–Crippen LogP) is 1.39. The fraction of sp³-hybridized carbons (Fsp3) is 0.609. The van der Waals surface area contributed by atoms with Crippen molar-refractivity contribution >= 4 is 28.8 Å². The largest absolute Gasteiger partial charge is 0.755 e. The number of hydrogen-bond acceptors (Lipinski definition) is 6. The molecule has 3 aliphatic heterocycles. The highest BCUT2D eigenvalue weighted by atomic mass is 32.2. The molecule has 9 nitrogen and oxygen atoms in total. The Morgan fingerprint density at radius 2 is 2.00 bits per heavy atom. The van der Waals surface area contributed by atoms with Gasteiger partial charge in [-0.05, 0) is 49.8 Å². The van der Waals surface area contributed by atoms with Crippen LogP contribution < -0.4 is 4.72 Å². The number of carbonyl (C=O) groups is 2. The van der Waals surface area contributed by atoms with Crippen LogP contribution in [0.25, 0.3) is 0 Å². The van der Waals surface area contributed by atoms with Crippen LogP contribution in [0.15, 0.2) is 24.3 Å². The van der Waals surface area contributed by atoms with Crippen LogP contribution in [-0.4, -0.2) is 72.5 Å².